The summed E-state index contributed by atoms with van der Waals surface area (Å²) in [6, 6.07) is -2.10. The molecule has 1 N–H and O–H groups in total. The van der Waals surface area contributed by atoms with Gasteiger partial charge in [-0.2, -0.15) is 13.2 Å². The van der Waals surface area contributed by atoms with Crippen LogP contribution in [-0.2, 0) is 9.53 Å². The highest BCUT2D eigenvalue weighted by molar-refractivity contribution is 5.76. The van der Waals surface area contributed by atoms with Crippen LogP contribution in [0.25, 0.3) is 0 Å². The number of hydrogen-bond donors (Lipinski definition) is 1. The smallest absolute Gasteiger partial charge is 0.402 e. The van der Waals surface area contributed by atoms with E-state index in [0.717, 1.165) is 10.0 Å². The van der Waals surface area contributed by atoms with E-state index in [1.165, 1.54) is 0 Å². The molecule has 0 aromatic heterocycles. The van der Waals surface area contributed by atoms with Crippen molar-refractivity contribution in [2.24, 2.45) is 5.41 Å². The summed E-state index contributed by atoms with van der Waals surface area (Å²) in [5.41, 5.74) is -1.73. The van der Waals surface area contributed by atoms with E-state index in [4.69, 9.17) is 4.74 Å². The summed E-state index contributed by atoms with van der Waals surface area (Å²) in [5.74, 6) is -3.65. The summed E-state index contributed by atoms with van der Waals surface area (Å²) in [6.45, 7) is 6.24. The maximum atomic E-state index is 14.3. The lowest BCUT2D eigenvalue weighted by Gasteiger charge is -2.36. The van der Waals surface area contributed by atoms with Crippen LogP contribution in [0.1, 0.15) is 41.0 Å². The minimum atomic E-state index is -4.51. The molecule has 2 heterocycles. The molecule has 0 amide bonds. The standard InChI is InChI=1S/C17H28F5N3O2/c1-14(2,3)27-13(26)15(4,5)6-7-25-12-11(23-9-16(12,18)19)8-24(25)10-17(20,21)22/h11-12,23H,6-10H2,1-5H3/t11-,12+/m1/s1. The lowest BCUT2D eigenvalue weighted by Crippen LogP contribution is -2.52. The van der Waals surface area contributed by atoms with Gasteiger partial charge in [-0.25, -0.2) is 18.8 Å². The first-order chi connectivity index (χ1) is 12.0. The van der Waals surface area contributed by atoms with Crippen LogP contribution in [0.5, 0.6) is 0 Å². The second-order valence-electron chi connectivity index (χ2n) is 8.95. The van der Waals surface area contributed by atoms with Crippen LogP contribution in [0.15, 0.2) is 0 Å². The topological polar surface area (TPSA) is 44.8 Å². The number of carbonyl (C=O) groups excluding carboxylic acids is 1. The Kier molecular flexibility index (Phi) is 5.87. The second kappa shape index (κ2) is 7.11. The summed E-state index contributed by atoms with van der Waals surface area (Å²) in [5, 5.41) is 4.62. The molecule has 2 aliphatic rings. The third-order valence-electron chi connectivity index (χ3n) is 4.78. The average molecular weight is 401 g/mol. The zero-order chi connectivity index (χ0) is 20.8. The van der Waals surface area contributed by atoms with Gasteiger partial charge in [-0.1, -0.05) is 0 Å². The first-order valence-corrected chi connectivity index (χ1v) is 8.95. The molecule has 0 aliphatic carbocycles. The van der Waals surface area contributed by atoms with Gasteiger partial charge in [0.05, 0.1) is 12.0 Å². The molecule has 2 aliphatic heterocycles. The maximum Gasteiger partial charge on any atom is 0.402 e. The number of hydrogen-bond acceptors (Lipinski definition) is 5. The van der Waals surface area contributed by atoms with E-state index < -0.39 is 54.3 Å². The minimum absolute atomic E-state index is 0.0928. The SMILES string of the molecule is CC(C)(C)OC(=O)C(C)(C)CCN1[C@H]2[C@@H](CN1CC(F)(F)F)NCC2(F)F. The van der Waals surface area contributed by atoms with Crippen molar-refractivity contribution < 1.29 is 31.5 Å². The molecule has 0 aromatic carbocycles. The lowest BCUT2D eigenvalue weighted by atomic mass is 9.89. The van der Waals surface area contributed by atoms with E-state index >= 15 is 0 Å². The Labute approximate surface area is 156 Å². The highest BCUT2D eigenvalue weighted by Gasteiger charge is 2.59. The van der Waals surface area contributed by atoms with Gasteiger partial charge in [0.2, 0.25) is 0 Å². The first-order valence-electron chi connectivity index (χ1n) is 8.95. The molecule has 158 valence electrons. The van der Waals surface area contributed by atoms with E-state index in [2.05, 4.69) is 5.32 Å². The fourth-order valence-electron chi connectivity index (χ4n) is 3.43. The van der Waals surface area contributed by atoms with Gasteiger partial charge in [-0.3, -0.25) is 4.79 Å². The predicted molar refractivity (Wildman–Crippen MR) is 89.1 cm³/mol. The second-order valence-corrected chi connectivity index (χ2v) is 8.95. The molecule has 27 heavy (non-hydrogen) atoms. The molecule has 0 aromatic rings. The Morgan fingerprint density at radius 3 is 2.30 bits per heavy atom. The normalized spacial score (nSPS) is 27.0. The van der Waals surface area contributed by atoms with Crippen molar-refractivity contribution in [2.45, 2.75) is 70.8 Å². The van der Waals surface area contributed by atoms with Crippen LogP contribution < -0.4 is 5.32 Å². The lowest BCUT2D eigenvalue weighted by molar-refractivity contribution is -0.190. The molecular formula is C17H28F5N3O2. The summed E-state index contributed by atoms with van der Waals surface area (Å²) in [4.78, 5) is 12.4. The summed E-state index contributed by atoms with van der Waals surface area (Å²) in [7, 11) is 0. The van der Waals surface area contributed by atoms with E-state index in [9.17, 15) is 26.7 Å². The number of halogens is 5. The molecule has 2 atom stereocenters. The van der Waals surface area contributed by atoms with Gasteiger partial charge in [-0.05, 0) is 41.0 Å². The molecule has 2 fully saturated rings. The van der Waals surface area contributed by atoms with Gasteiger partial charge in [0.25, 0.3) is 5.92 Å². The number of rotatable bonds is 5. The van der Waals surface area contributed by atoms with Crippen molar-refractivity contribution >= 4 is 5.97 Å². The van der Waals surface area contributed by atoms with E-state index in [0.29, 0.717) is 0 Å². The Morgan fingerprint density at radius 1 is 1.19 bits per heavy atom. The number of hydrazine groups is 1. The number of carbonyl (C=O) groups is 1. The largest absolute Gasteiger partial charge is 0.460 e. The van der Waals surface area contributed by atoms with E-state index in [1.54, 1.807) is 34.6 Å². The van der Waals surface area contributed by atoms with Crippen molar-refractivity contribution in [2.75, 3.05) is 26.2 Å². The third-order valence-corrected chi connectivity index (χ3v) is 4.78. The Balaban J connectivity index is 2.12. The quantitative estimate of drug-likeness (QED) is 0.567. The maximum absolute atomic E-state index is 14.3. The highest BCUT2D eigenvalue weighted by atomic mass is 19.4. The number of esters is 1. The molecule has 2 saturated heterocycles. The van der Waals surface area contributed by atoms with Crippen molar-refractivity contribution in [3.63, 3.8) is 0 Å². The van der Waals surface area contributed by atoms with Gasteiger partial charge in [0, 0.05) is 19.1 Å². The summed E-state index contributed by atoms with van der Waals surface area (Å²) >= 11 is 0. The average Bonchev–Trinajstić information content (AvgIpc) is 2.91. The van der Waals surface area contributed by atoms with E-state index in [-0.39, 0.29) is 19.5 Å². The van der Waals surface area contributed by atoms with Gasteiger partial charge in [0.15, 0.2) is 0 Å². The van der Waals surface area contributed by atoms with Crippen LogP contribution in [0.4, 0.5) is 22.0 Å². The molecule has 0 bridgehead atoms. The van der Waals surface area contributed by atoms with Crippen LogP contribution in [0.2, 0.25) is 0 Å². The molecule has 5 nitrogen and oxygen atoms in total. The number of nitrogens with zero attached hydrogens (tertiary/aromatic N) is 2. The molecule has 0 spiro atoms. The summed E-state index contributed by atoms with van der Waals surface area (Å²) in [6.07, 6.45) is -4.41. The van der Waals surface area contributed by atoms with Gasteiger partial charge >= 0.3 is 12.1 Å². The van der Waals surface area contributed by atoms with Crippen molar-refractivity contribution in [3.05, 3.63) is 0 Å². The van der Waals surface area contributed by atoms with E-state index in [1.807, 2.05) is 0 Å². The minimum Gasteiger partial charge on any atom is -0.460 e. The molecule has 0 saturated carbocycles. The third kappa shape index (κ3) is 5.51. The zero-order valence-corrected chi connectivity index (χ0v) is 16.3. The fraction of sp³-hybridized carbons (Fsp3) is 0.941. The number of fused-ring (bicyclic) bond motifs is 1. The van der Waals surface area contributed by atoms with Gasteiger partial charge < -0.3 is 10.1 Å². The molecular weight excluding hydrogens is 373 g/mol. The van der Waals surface area contributed by atoms with Crippen molar-refractivity contribution in [1.82, 2.24) is 15.3 Å². The Bertz CT molecular complexity index is 560. The monoisotopic (exact) mass is 401 g/mol. The summed E-state index contributed by atoms with van der Waals surface area (Å²) < 4.78 is 72.5. The van der Waals surface area contributed by atoms with Gasteiger partial charge in [0.1, 0.15) is 18.2 Å². The highest BCUT2D eigenvalue weighted by Crippen LogP contribution is 2.38. The molecule has 10 heteroatoms. The van der Waals surface area contributed by atoms with Crippen molar-refractivity contribution in [1.29, 1.82) is 0 Å². The first kappa shape index (κ1) is 22.3. The Hall–Kier alpha value is -1.00. The molecule has 0 radical (unpaired) electrons. The fourth-order valence-corrected chi connectivity index (χ4v) is 3.43. The van der Waals surface area contributed by atoms with Crippen LogP contribution in [0, 0.1) is 5.41 Å². The predicted octanol–water partition coefficient (Wildman–Crippen LogP) is 2.82. The number of alkyl halides is 5. The zero-order valence-electron chi connectivity index (χ0n) is 16.3. The van der Waals surface area contributed by atoms with Crippen LogP contribution >= 0.6 is 0 Å². The number of ether oxygens (including phenoxy) is 1. The molecule has 2 rings (SSSR count). The Morgan fingerprint density at radius 2 is 1.78 bits per heavy atom. The van der Waals surface area contributed by atoms with Crippen molar-refractivity contribution in [3.8, 4) is 0 Å². The van der Waals surface area contributed by atoms with Crippen LogP contribution in [0.3, 0.4) is 0 Å². The molecule has 0 unspecified atom stereocenters. The van der Waals surface area contributed by atoms with Crippen LogP contribution in [-0.4, -0.2) is 71.9 Å². The number of nitrogens with one attached hydrogen (secondary N) is 1. The van der Waals surface area contributed by atoms with Gasteiger partial charge in [-0.15, -0.1) is 0 Å².